The zero-order valence-electron chi connectivity index (χ0n) is 32.8. The van der Waals surface area contributed by atoms with E-state index >= 15 is 0 Å². The van der Waals surface area contributed by atoms with Crippen molar-refractivity contribution in [3.63, 3.8) is 0 Å². The molecule has 0 bridgehead atoms. The van der Waals surface area contributed by atoms with Crippen LogP contribution in [0.1, 0.15) is 48.2 Å². The van der Waals surface area contributed by atoms with Gasteiger partial charge >= 0.3 is 0 Å². The van der Waals surface area contributed by atoms with E-state index in [0.717, 1.165) is 45.0 Å². The van der Waals surface area contributed by atoms with Gasteiger partial charge < -0.3 is 8.98 Å². The van der Waals surface area contributed by atoms with E-state index in [1.54, 1.807) is 0 Å². The molecule has 0 radical (unpaired) electrons. The summed E-state index contributed by atoms with van der Waals surface area (Å²) in [6.07, 6.45) is 13.5. The molecular formula is C53H40N4OSi. The molecule has 5 nitrogen and oxygen atoms in total. The van der Waals surface area contributed by atoms with Crippen LogP contribution in [0.15, 0.2) is 204 Å². The lowest BCUT2D eigenvalue weighted by atomic mass is 9.74. The molecule has 2 aliphatic heterocycles. The monoisotopic (exact) mass is 776 g/mol. The number of anilines is 3. The molecule has 12 rings (SSSR count). The summed E-state index contributed by atoms with van der Waals surface area (Å²) in [6.45, 7) is 4.61. The van der Waals surface area contributed by atoms with Crippen LogP contribution in [0, 0.1) is 0 Å². The largest absolute Gasteiger partial charge is 0.456 e. The molecule has 0 spiro atoms. The normalized spacial score (nSPS) is 17.5. The Bertz CT molecular complexity index is 3140. The van der Waals surface area contributed by atoms with Crippen LogP contribution in [-0.4, -0.2) is 22.6 Å². The number of benzene rings is 6. The average molecular weight is 777 g/mol. The maximum absolute atomic E-state index is 6.50. The molecule has 2 atom stereocenters. The van der Waals surface area contributed by atoms with Gasteiger partial charge in [-0.1, -0.05) is 147 Å². The van der Waals surface area contributed by atoms with E-state index < -0.39 is 8.07 Å². The van der Waals surface area contributed by atoms with Crippen LogP contribution in [-0.2, 0) is 5.41 Å². The Hall–Kier alpha value is -7.02. The molecule has 6 heteroatoms. The third-order valence-corrected chi connectivity index (χ3v) is 18.0. The fraction of sp³-hybridized carbons (Fsp3) is 0.0943. The Balaban J connectivity index is 1.12. The smallest absolute Gasteiger partial charge is 0.179 e. The van der Waals surface area contributed by atoms with Gasteiger partial charge in [0.2, 0.25) is 0 Å². The van der Waals surface area contributed by atoms with E-state index in [-0.39, 0.29) is 17.3 Å². The van der Waals surface area contributed by atoms with E-state index in [1.807, 2.05) is 18.5 Å². The molecule has 59 heavy (non-hydrogen) atoms. The van der Waals surface area contributed by atoms with Crippen LogP contribution in [0.4, 0.5) is 17.2 Å². The summed E-state index contributed by atoms with van der Waals surface area (Å²) in [5.74, 6) is 2.32. The number of hydrogen-bond donors (Lipinski definition) is 0. The summed E-state index contributed by atoms with van der Waals surface area (Å²) in [5, 5.41) is 7.55. The number of rotatable bonds is 5. The zero-order chi connectivity index (χ0) is 39.3. The predicted octanol–water partition coefficient (Wildman–Crippen LogP) is 10.7. The Morgan fingerprint density at radius 1 is 0.593 bits per heavy atom. The summed E-state index contributed by atoms with van der Waals surface area (Å²) < 4.78 is 8.79. The molecule has 0 amide bonds. The molecule has 0 saturated heterocycles. The molecule has 3 aliphatic rings. The lowest BCUT2D eigenvalue weighted by Crippen LogP contribution is -2.68. The highest BCUT2D eigenvalue weighted by molar-refractivity contribution is 7.16. The summed E-state index contributed by atoms with van der Waals surface area (Å²) in [6, 6.07) is 57.8. The molecule has 5 heterocycles. The highest BCUT2D eigenvalue weighted by Gasteiger charge is 2.46. The number of allylic oxidation sites excluding steroid dienone is 4. The van der Waals surface area contributed by atoms with Crippen molar-refractivity contribution in [2.24, 2.45) is 0 Å². The van der Waals surface area contributed by atoms with Crippen molar-refractivity contribution in [3.05, 3.63) is 222 Å². The van der Waals surface area contributed by atoms with Crippen molar-refractivity contribution in [2.45, 2.75) is 31.1 Å². The van der Waals surface area contributed by atoms with Crippen molar-refractivity contribution in [2.75, 3.05) is 4.90 Å². The van der Waals surface area contributed by atoms with Gasteiger partial charge in [0.1, 0.15) is 22.8 Å². The molecule has 2 unspecified atom stereocenters. The summed E-state index contributed by atoms with van der Waals surface area (Å²) in [7, 11) is -2.99. The first-order valence-corrected chi connectivity index (χ1v) is 22.5. The molecule has 1 aliphatic carbocycles. The topological polar surface area (TPSA) is 47.1 Å². The van der Waals surface area contributed by atoms with Gasteiger partial charge in [-0.05, 0) is 74.3 Å². The molecule has 3 aromatic heterocycles. The maximum Gasteiger partial charge on any atom is 0.179 e. The van der Waals surface area contributed by atoms with Crippen LogP contribution < -0.4 is 20.5 Å². The molecule has 0 N–H and O–H groups in total. The molecule has 6 aromatic carbocycles. The maximum atomic E-state index is 6.50. The van der Waals surface area contributed by atoms with Gasteiger partial charge in [0.25, 0.3) is 0 Å². The number of fused-ring (bicyclic) bond motifs is 11. The van der Waals surface area contributed by atoms with E-state index in [9.17, 15) is 0 Å². The zero-order valence-corrected chi connectivity index (χ0v) is 33.8. The van der Waals surface area contributed by atoms with Crippen LogP contribution in [0.25, 0.3) is 27.6 Å². The van der Waals surface area contributed by atoms with Crippen LogP contribution in [0.2, 0.25) is 0 Å². The van der Waals surface area contributed by atoms with Gasteiger partial charge in [-0.2, -0.15) is 0 Å². The quantitative estimate of drug-likeness (QED) is 0.129. The summed E-state index contributed by atoms with van der Waals surface area (Å²) in [5.41, 5.74) is 8.62. The number of pyridine rings is 1. The molecule has 282 valence electrons. The Morgan fingerprint density at radius 3 is 2.17 bits per heavy atom. The molecule has 9 aromatic rings. The standard InChI is InChI=1S/C53H40N4OSi/c1-53(2)45-23-14-28-54-52(45)57(48-33-43-42-22-10-12-25-49(42)58-50(43)34-46(48)53)35-15-13-20-38(31-35)59(36-16-5-3-6-17-36,37-18-7-4-8-19-37)39-26-27-40-41-21-9-11-24-47(41)56-30-29-55-51(56)44(40)32-39/h3-34,40,44H,1-2H3. The van der Waals surface area contributed by atoms with Crippen molar-refractivity contribution < 1.29 is 4.42 Å². The lowest BCUT2D eigenvalue weighted by Gasteiger charge is -2.42. The number of nitrogens with zero attached hydrogens (tertiary/aromatic N) is 4. The first kappa shape index (κ1) is 34.1. The minimum Gasteiger partial charge on any atom is -0.456 e. The van der Waals surface area contributed by atoms with Crippen molar-refractivity contribution >= 4 is 62.8 Å². The second-order valence-corrected chi connectivity index (χ2v) is 20.4. The second-order valence-electron chi connectivity index (χ2n) is 16.6. The van der Waals surface area contributed by atoms with Gasteiger partial charge in [-0.3, -0.25) is 4.90 Å². The van der Waals surface area contributed by atoms with Crippen LogP contribution in [0.5, 0.6) is 0 Å². The highest BCUT2D eigenvalue weighted by Crippen LogP contribution is 2.53. The van der Waals surface area contributed by atoms with Crippen molar-refractivity contribution in [1.82, 2.24) is 14.5 Å². The number of imidazole rings is 1. The molecule has 0 saturated carbocycles. The van der Waals surface area contributed by atoms with E-state index in [1.165, 1.54) is 43.1 Å². The minimum absolute atomic E-state index is 0.0850. The predicted molar refractivity (Wildman–Crippen MR) is 242 cm³/mol. The summed E-state index contributed by atoms with van der Waals surface area (Å²) >= 11 is 0. The lowest BCUT2D eigenvalue weighted by molar-refractivity contribution is 0.622. The van der Waals surface area contributed by atoms with E-state index in [2.05, 4.69) is 199 Å². The Labute approximate surface area is 344 Å². The van der Waals surface area contributed by atoms with Gasteiger partial charge in [0.05, 0.1) is 11.4 Å². The fourth-order valence-electron chi connectivity index (χ4n) is 10.5. The second kappa shape index (κ2) is 12.7. The number of para-hydroxylation sites is 2. The van der Waals surface area contributed by atoms with Gasteiger partial charge in [0.15, 0.2) is 8.07 Å². The van der Waals surface area contributed by atoms with E-state index in [0.29, 0.717) is 0 Å². The molecular weight excluding hydrogens is 737 g/mol. The highest BCUT2D eigenvalue weighted by atomic mass is 28.3. The van der Waals surface area contributed by atoms with Gasteiger partial charge in [0, 0.05) is 57.9 Å². The number of aromatic nitrogens is 3. The minimum atomic E-state index is -2.99. The van der Waals surface area contributed by atoms with E-state index in [4.69, 9.17) is 14.4 Å². The number of furan rings is 1. The third kappa shape index (κ3) is 4.84. The van der Waals surface area contributed by atoms with Crippen LogP contribution in [0.3, 0.4) is 0 Å². The summed E-state index contributed by atoms with van der Waals surface area (Å²) in [4.78, 5) is 12.6. The molecule has 0 fully saturated rings. The first-order valence-electron chi connectivity index (χ1n) is 20.5. The Morgan fingerprint density at radius 2 is 1.34 bits per heavy atom. The van der Waals surface area contributed by atoms with Gasteiger partial charge in [-0.15, -0.1) is 0 Å². The van der Waals surface area contributed by atoms with Crippen molar-refractivity contribution in [1.29, 1.82) is 0 Å². The van der Waals surface area contributed by atoms with Crippen molar-refractivity contribution in [3.8, 4) is 5.69 Å². The Kier molecular flexibility index (Phi) is 7.35. The number of hydrogen-bond acceptors (Lipinski definition) is 4. The average Bonchev–Trinajstić information content (AvgIpc) is 3.93. The van der Waals surface area contributed by atoms with Crippen LogP contribution >= 0.6 is 0 Å². The first-order chi connectivity index (χ1) is 29.0. The fourth-order valence-corrected chi connectivity index (χ4v) is 15.4. The van der Waals surface area contributed by atoms with Gasteiger partial charge in [-0.25, -0.2) is 9.97 Å². The third-order valence-electron chi connectivity index (χ3n) is 13.2. The SMILES string of the molecule is CC1(C)c2cc3oc4ccccc4c3cc2N(c2cccc([Si](C3=CC4c5nccn5-c5ccccc5C4C=C3)(c3ccccc3)c3ccccc3)c2)c2ncccc21.